The summed E-state index contributed by atoms with van der Waals surface area (Å²) in [4.78, 5) is 0. The highest BCUT2D eigenvalue weighted by molar-refractivity contribution is 6.30. The molecule has 0 fully saturated rings. The maximum Gasteiger partial charge on any atom is 0.0841 e. The predicted octanol–water partition coefficient (Wildman–Crippen LogP) is 3.06. The predicted molar refractivity (Wildman–Crippen MR) is 66.9 cm³/mol. The van der Waals surface area contributed by atoms with Crippen LogP contribution in [0.1, 0.15) is 25.3 Å². The van der Waals surface area contributed by atoms with Gasteiger partial charge in [-0.15, -0.1) is 0 Å². The second-order valence-corrected chi connectivity index (χ2v) is 4.40. The van der Waals surface area contributed by atoms with Gasteiger partial charge in [0.15, 0.2) is 0 Å². The Hall–Kier alpha value is -0.570. The molecular weight excluding hydrogens is 224 g/mol. The zero-order valence-corrected chi connectivity index (χ0v) is 10.6. The molecule has 0 aliphatic rings. The minimum Gasteiger partial charge on any atom is -0.390 e. The van der Waals surface area contributed by atoms with Crippen molar-refractivity contribution in [3.63, 3.8) is 0 Å². The van der Waals surface area contributed by atoms with Crippen LogP contribution in [0.5, 0.6) is 0 Å². The molecule has 0 heterocycles. The van der Waals surface area contributed by atoms with Crippen molar-refractivity contribution in [1.29, 1.82) is 0 Å². The van der Waals surface area contributed by atoms with Crippen molar-refractivity contribution >= 4 is 11.6 Å². The molecule has 0 saturated carbocycles. The van der Waals surface area contributed by atoms with Gasteiger partial charge < -0.3 is 9.84 Å². The van der Waals surface area contributed by atoms with Gasteiger partial charge in [0.25, 0.3) is 0 Å². The molecule has 0 spiro atoms. The molecule has 1 aromatic carbocycles. The van der Waals surface area contributed by atoms with Gasteiger partial charge in [-0.05, 0) is 24.1 Å². The molecule has 3 heteroatoms. The second kappa shape index (κ2) is 6.89. The first-order valence-electron chi connectivity index (χ1n) is 5.62. The third-order valence-corrected chi connectivity index (χ3v) is 2.87. The lowest BCUT2D eigenvalue weighted by molar-refractivity contribution is -0.0159. The first-order chi connectivity index (χ1) is 7.67. The van der Waals surface area contributed by atoms with Crippen molar-refractivity contribution in [2.24, 2.45) is 0 Å². The number of ether oxygens (including phenoxy) is 1. The minimum absolute atomic E-state index is 0.0935. The summed E-state index contributed by atoms with van der Waals surface area (Å²) in [5, 5.41) is 10.7. The van der Waals surface area contributed by atoms with E-state index in [1.807, 2.05) is 24.3 Å². The van der Waals surface area contributed by atoms with Gasteiger partial charge in [-0.2, -0.15) is 0 Å². The van der Waals surface area contributed by atoms with Gasteiger partial charge in [-0.1, -0.05) is 37.1 Å². The summed E-state index contributed by atoms with van der Waals surface area (Å²) in [6.45, 7) is 2.08. The Kier molecular flexibility index (Phi) is 5.81. The summed E-state index contributed by atoms with van der Waals surface area (Å²) in [6.07, 6.45) is 1.90. The molecule has 1 aromatic rings. The fraction of sp³-hybridized carbons (Fsp3) is 0.538. The van der Waals surface area contributed by atoms with E-state index in [0.29, 0.717) is 11.4 Å². The highest BCUT2D eigenvalue weighted by Crippen LogP contribution is 2.15. The Morgan fingerprint density at radius 2 is 2.19 bits per heavy atom. The van der Waals surface area contributed by atoms with Crippen LogP contribution in [0.4, 0.5) is 0 Å². The summed E-state index contributed by atoms with van der Waals surface area (Å²) in [5.74, 6) is 0. The van der Waals surface area contributed by atoms with Crippen LogP contribution < -0.4 is 0 Å². The molecule has 0 aromatic heterocycles. The number of rotatable bonds is 6. The molecule has 0 bridgehead atoms. The van der Waals surface area contributed by atoms with E-state index in [-0.39, 0.29) is 6.10 Å². The third kappa shape index (κ3) is 4.12. The van der Waals surface area contributed by atoms with E-state index in [1.54, 1.807) is 7.11 Å². The van der Waals surface area contributed by atoms with Gasteiger partial charge in [0.05, 0.1) is 12.2 Å². The smallest absolute Gasteiger partial charge is 0.0841 e. The van der Waals surface area contributed by atoms with E-state index in [9.17, 15) is 5.11 Å². The molecule has 0 aliphatic heterocycles. The SMILES string of the molecule is CCCC(OC)C(O)Cc1cccc(Cl)c1. The number of benzene rings is 1. The van der Waals surface area contributed by atoms with E-state index >= 15 is 0 Å². The second-order valence-electron chi connectivity index (χ2n) is 3.96. The molecule has 2 atom stereocenters. The normalized spacial score (nSPS) is 14.8. The monoisotopic (exact) mass is 242 g/mol. The van der Waals surface area contributed by atoms with Crippen molar-refractivity contribution in [3.05, 3.63) is 34.9 Å². The molecule has 2 nitrogen and oxygen atoms in total. The van der Waals surface area contributed by atoms with Gasteiger partial charge in [0.1, 0.15) is 0 Å². The summed E-state index contributed by atoms with van der Waals surface area (Å²) < 4.78 is 5.27. The summed E-state index contributed by atoms with van der Waals surface area (Å²) in [6, 6.07) is 7.57. The lowest BCUT2D eigenvalue weighted by Gasteiger charge is -2.21. The zero-order valence-electron chi connectivity index (χ0n) is 9.82. The highest BCUT2D eigenvalue weighted by atomic mass is 35.5. The van der Waals surface area contributed by atoms with Crippen LogP contribution in [0.25, 0.3) is 0 Å². The van der Waals surface area contributed by atoms with Crippen LogP contribution in [0.15, 0.2) is 24.3 Å². The highest BCUT2D eigenvalue weighted by Gasteiger charge is 2.17. The zero-order chi connectivity index (χ0) is 12.0. The Balaban J connectivity index is 2.58. The Bertz CT molecular complexity index is 315. The fourth-order valence-corrected chi connectivity index (χ4v) is 2.00. The van der Waals surface area contributed by atoms with E-state index in [4.69, 9.17) is 16.3 Å². The molecular formula is C13H19ClO2. The Morgan fingerprint density at radius 1 is 1.44 bits per heavy atom. The largest absolute Gasteiger partial charge is 0.390 e. The quantitative estimate of drug-likeness (QED) is 0.831. The van der Waals surface area contributed by atoms with Gasteiger partial charge in [0.2, 0.25) is 0 Å². The molecule has 1 N–H and O–H groups in total. The number of aliphatic hydroxyl groups excluding tert-OH is 1. The van der Waals surface area contributed by atoms with Crippen LogP contribution in [0.2, 0.25) is 5.02 Å². The average Bonchev–Trinajstić information content (AvgIpc) is 2.25. The first kappa shape index (κ1) is 13.5. The van der Waals surface area contributed by atoms with Gasteiger partial charge in [-0.3, -0.25) is 0 Å². The summed E-state index contributed by atoms with van der Waals surface area (Å²) in [5.41, 5.74) is 1.04. The van der Waals surface area contributed by atoms with Crippen molar-refractivity contribution < 1.29 is 9.84 Å². The minimum atomic E-state index is -0.469. The Morgan fingerprint density at radius 3 is 2.75 bits per heavy atom. The molecule has 0 amide bonds. The lowest BCUT2D eigenvalue weighted by Crippen LogP contribution is -2.29. The number of hydrogen-bond donors (Lipinski definition) is 1. The topological polar surface area (TPSA) is 29.5 Å². The van der Waals surface area contributed by atoms with Crippen molar-refractivity contribution in [3.8, 4) is 0 Å². The molecule has 0 aliphatic carbocycles. The average molecular weight is 243 g/mol. The first-order valence-corrected chi connectivity index (χ1v) is 6.00. The molecule has 90 valence electrons. The number of methoxy groups -OCH3 is 1. The maximum atomic E-state index is 10.0. The standard InChI is InChI=1S/C13H19ClO2/c1-3-5-13(16-2)12(15)9-10-6-4-7-11(14)8-10/h4,6-8,12-13,15H,3,5,9H2,1-2H3. The van der Waals surface area contributed by atoms with E-state index in [0.717, 1.165) is 18.4 Å². The molecule has 1 rings (SSSR count). The fourth-order valence-electron chi connectivity index (χ4n) is 1.79. The van der Waals surface area contributed by atoms with Crippen LogP contribution in [0.3, 0.4) is 0 Å². The molecule has 16 heavy (non-hydrogen) atoms. The van der Waals surface area contributed by atoms with Crippen molar-refractivity contribution in [2.75, 3.05) is 7.11 Å². The third-order valence-electron chi connectivity index (χ3n) is 2.64. The maximum absolute atomic E-state index is 10.0. The number of halogens is 1. The molecule has 0 saturated heterocycles. The van der Waals surface area contributed by atoms with Crippen molar-refractivity contribution in [2.45, 2.75) is 38.4 Å². The van der Waals surface area contributed by atoms with Gasteiger partial charge >= 0.3 is 0 Å². The summed E-state index contributed by atoms with van der Waals surface area (Å²) >= 11 is 5.89. The molecule has 2 unspecified atom stereocenters. The Labute approximate surface area is 102 Å². The summed E-state index contributed by atoms with van der Waals surface area (Å²) in [7, 11) is 1.64. The number of aliphatic hydroxyl groups is 1. The van der Waals surface area contributed by atoms with Crippen LogP contribution in [0, 0.1) is 0 Å². The van der Waals surface area contributed by atoms with E-state index < -0.39 is 6.10 Å². The van der Waals surface area contributed by atoms with Gasteiger partial charge in [-0.25, -0.2) is 0 Å². The van der Waals surface area contributed by atoms with Crippen LogP contribution in [-0.4, -0.2) is 24.4 Å². The lowest BCUT2D eigenvalue weighted by atomic mass is 10.0. The van der Waals surface area contributed by atoms with E-state index in [2.05, 4.69) is 6.92 Å². The van der Waals surface area contributed by atoms with Gasteiger partial charge in [0, 0.05) is 18.6 Å². The molecule has 0 radical (unpaired) electrons. The van der Waals surface area contributed by atoms with Crippen molar-refractivity contribution in [1.82, 2.24) is 0 Å². The number of hydrogen-bond acceptors (Lipinski definition) is 2. The van der Waals surface area contributed by atoms with E-state index in [1.165, 1.54) is 0 Å². The van der Waals surface area contributed by atoms with Crippen LogP contribution >= 0.6 is 11.6 Å². The van der Waals surface area contributed by atoms with Crippen LogP contribution in [-0.2, 0) is 11.2 Å².